The molecule has 0 spiro atoms. The van der Waals surface area contributed by atoms with Gasteiger partial charge in [0, 0.05) is 6.42 Å². The van der Waals surface area contributed by atoms with Gasteiger partial charge in [-0.2, -0.15) is 0 Å². The molecular weight excluding hydrogens is 384 g/mol. The van der Waals surface area contributed by atoms with Crippen LogP contribution in [0, 0.1) is 0 Å². The lowest BCUT2D eigenvalue weighted by Gasteiger charge is -2.05. The third kappa shape index (κ3) is 25.3. The molecule has 184 valence electrons. The van der Waals surface area contributed by atoms with Crippen LogP contribution in [0.2, 0.25) is 0 Å². The van der Waals surface area contributed by atoms with Gasteiger partial charge in [-0.3, -0.25) is 9.59 Å². The third-order valence-corrected chi connectivity index (χ3v) is 6.16. The van der Waals surface area contributed by atoms with Crippen molar-refractivity contribution in [1.29, 1.82) is 0 Å². The first-order valence-electron chi connectivity index (χ1n) is 13.9. The van der Waals surface area contributed by atoms with Crippen LogP contribution in [-0.4, -0.2) is 18.4 Å². The maximum absolute atomic E-state index is 11.9. The van der Waals surface area contributed by atoms with Crippen LogP contribution in [0.4, 0.5) is 0 Å². The molecule has 0 aromatic heterocycles. The monoisotopic (exact) mass is 438 g/mol. The maximum atomic E-state index is 11.9. The second kappa shape index (κ2) is 25.4. The van der Waals surface area contributed by atoms with Gasteiger partial charge < -0.3 is 4.74 Å². The number of rotatable bonds is 25. The van der Waals surface area contributed by atoms with Crippen molar-refractivity contribution >= 4 is 11.8 Å². The Kier molecular flexibility index (Phi) is 24.7. The fraction of sp³-hybridized carbons (Fsp3) is 0.929. The van der Waals surface area contributed by atoms with Gasteiger partial charge in [0.1, 0.15) is 12.2 Å². The third-order valence-electron chi connectivity index (χ3n) is 6.16. The Bertz CT molecular complexity index is 392. The predicted octanol–water partition coefficient (Wildman–Crippen LogP) is 9.11. The van der Waals surface area contributed by atoms with Crippen LogP contribution in [0.15, 0.2) is 0 Å². The molecule has 0 radical (unpaired) electrons. The van der Waals surface area contributed by atoms with Gasteiger partial charge in [0.2, 0.25) is 0 Å². The molecule has 0 bridgehead atoms. The van der Waals surface area contributed by atoms with E-state index in [4.69, 9.17) is 4.74 Å². The van der Waals surface area contributed by atoms with Crippen molar-refractivity contribution in [3.05, 3.63) is 0 Å². The Morgan fingerprint density at radius 2 is 0.839 bits per heavy atom. The highest BCUT2D eigenvalue weighted by molar-refractivity contribution is 5.95. The molecule has 3 nitrogen and oxygen atoms in total. The predicted molar refractivity (Wildman–Crippen MR) is 134 cm³/mol. The molecule has 0 aromatic carbocycles. The van der Waals surface area contributed by atoms with E-state index in [-0.39, 0.29) is 18.2 Å². The molecule has 0 aliphatic carbocycles. The fourth-order valence-corrected chi connectivity index (χ4v) is 4.06. The Balaban J connectivity index is 3.27. The van der Waals surface area contributed by atoms with E-state index < -0.39 is 0 Å². The molecule has 0 aliphatic rings. The largest absolute Gasteiger partial charge is 0.465 e. The Morgan fingerprint density at radius 1 is 0.484 bits per heavy atom. The number of Topliss-reactive ketones (excluding diaryl/α,β-unsaturated/α-hetero) is 1. The van der Waals surface area contributed by atoms with Crippen molar-refractivity contribution in [3.8, 4) is 0 Å². The molecule has 0 aromatic rings. The Morgan fingerprint density at radius 3 is 1.26 bits per heavy atom. The molecule has 0 unspecified atom stereocenters. The maximum Gasteiger partial charge on any atom is 0.313 e. The molecule has 0 rings (SSSR count). The molecule has 31 heavy (non-hydrogen) atoms. The first-order chi connectivity index (χ1) is 15.2. The first-order valence-corrected chi connectivity index (χ1v) is 13.9. The molecule has 0 amide bonds. The van der Waals surface area contributed by atoms with Crippen LogP contribution < -0.4 is 0 Å². The minimum Gasteiger partial charge on any atom is -0.465 e. The van der Waals surface area contributed by atoms with E-state index in [0.717, 1.165) is 25.7 Å². The van der Waals surface area contributed by atoms with Gasteiger partial charge in [-0.25, -0.2) is 0 Å². The molecule has 0 saturated heterocycles. The lowest BCUT2D eigenvalue weighted by atomic mass is 10.0. The zero-order valence-electron chi connectivity index (χ0n) is 21.2. The standard InChI is InChI=1S/C28H54O3/c1-3-5-7-9-11-12-13-14-15-16-17-18-19-20-22-24-27(29)26-28(30)31-25-23-21-10-8-6-4-2/h3-26H2,1-2H3. The molecular formula is C28H54O3. The topological polar surface area (TPSA) is 43.4 Å². The smallest absolute Gasteiger partial charge is 0.313 e. The van der Waals surface area contributed by atoms with E-state index in [0.29, 0.717) is 13.0 Å². The number of unbranched alkanes of at least 4 members (excludes halogenated alkanes) is 19. The van der Waals surface area contributed by atoms with Gasteiger partial charge in [-0.05, 0) is 12.8 Å². The first kappa shape index (κ1) is 30.1. The average molecular weight is 439 g/mol. The average Bonchev–Trinajstić information content (AvgIpc) is 2.75. The highest BCUT2D eigenvalue weighted by Gasteiger charge is 2.10. The fourth-order valence-electron chi connectivity index (χ4n) is 4.06. The second-order valence-corrected chi connectivity index (χ2v) is 9.40. The molecule has 0 N–H and O–H groups in total. The minimum atomic E-state index is -0.334. The summed E-state index contributed by atoms with van der Waals surface area (Å²) in [6.45, 7) is 4.95. The van der Waals surface area contributed by atoms with Gasteiger partial charge in [0.25, 0.3) is 0 Å². The molecule has 0 fully saturated rings. The number of carbonyl (C=O) groups is 2. The summed E-state index contributed by atoms with van der Waals surface area (Å²) < 4.78 is 5.19. The van der Waals surface area contributed by atoms with Crippen LogP contribution in [-0.2, 0) is 14.3 Å². The molecule has 3 heteroatoms. The van der Waals surface area contributed by atoms with Crippen LogP contribution in [0.25, 0.3) is 0 Å². The van der Waals surface area contributed by atoms with E-state index in [1.54, 1.807) is 0 Å². The quantitative estimate of drug-likeness (QED) is 0.0810. The van der Waals surface area contributed by atoms with Crippen molar-refractivity contribution in [2.75, 3.05) is 6.61 Å². The van der Waals surface area contributed by atoms with Crippen LogP contribution in [0.1, 0.15) is 162 Å². The normalized spacial score (nSPS) is 11.0. The van der Waals surface area contributed by atoms with Gasteiger partial charge in [-0.15, -0.1) is 0 Å². The summed E-state index contributed by atoms with van der Waals surface area (Å²) in [6, 6.07) is 0. The summed E-state index contributed by atoms with van der Waals surface area (Å²) in [5, 5.41) is 0. The number of carbonyl (C=O) groups excluding carboxylic acids is 2. The van der Waals surface area contributed by atoms with Crippen molar-refractivity contribution in [1.82, 2.24) is 0 Å². The van der Waals surface area contributed by atoms with E-state index in [9.17, 15) is 9.59 Å². The second-order valence-electron chi connectivity index (χ2n) is 9.40. The minimum absolute atomic E-state index is 0.0333. The van der Waals surface area contributed by atoms with Gasteiger partial charge in [-0.1, -0.05) is 136 Å². The summed E-state index contributed by atoms with van der Waals surface area (Å²) in [5.74, 6) is -0.290. The number of esters is 1. The summed E-state index contributed by atoms with van der Waals surface area (Å²) in [6.07, 6.45) is 27.4. The highest BCUT2D eigenvalue weighted by atomic mass is 16.5. The highest BCUT2D eigenvalue weighted by Crippen LogP contribution is 2.14. The van der Waals surface area contributed by atoms with Crippen LogP contribution >= 0.6 is 0 Å². The summed E-state index contributed by atoms with van der Waals surface area (Å²) in [5.41, 5.74) is 0. The van der Waals surface area contributed by atoms with Crippen molar-refractivity contribution in [3.63, 3.8) is 0 Å². The Hall–Kier alpha value is -0.860. The van der Waals surface area contributed by atoms with E-state index in [1.807, 2.05) is 0 Å². The molecule has 0 heterocycles. The van der Waals surface area contributed by atoms with Crippen molar-refractivity contribution < 1.29 is 14.3 Å². The molecule has 0 aliphatic heterocycles. The Labute approximate surface area is 194 Å². The van der Waals surface area contributed by atoms with Crippen LogP contribution in [0.3, 0.4) is 0 Å². The zero-order chi connectivity index (χ0) is 22.8. The lowest BCUT2D eigenvalue weighted by Crippen LogP contribution is -2.12. The summed E-state index contributed by atoms with van der Waals surface area (Å²) >= 11 is 0. The molecule has 0 atom stereocenters. The van der Waals surface area contributed by atoms with Crippen molar-refractivity contribution in [2.45, 2.75) is 162 Å². The van der Waals surface area contributed by atoms with E-state index in [2.05, 4.69) is 13.8 Å². The number of hydrogen-bond donors (Lipinski definition) is 0. The van der Waals surface area contributed by atoms with E-state index in [1.165, 1.54) is 109 Å². The van der Waals surface area contributed by atoms with Gasteiger partial charge in [0.05, 0.1) is 6.61 Å². The number of ether oxygens (including phenoxy) is 1. The van der Waals surface area contributed by atoms with Crippen LogP contribution in [0.5, 0.6) is 0 Å². The summed E-state index contributed by atoms with van der Waals surface area (Å²) in [4.78, 5) is 23.6. The van der Waals surface area contributed by atoms with Crippen molar-refractivity contribution in [2.24, 2.45) is 0 Å². The lowest BCUT2D eigenvalue weighted by molar-refractivity contribution is -0.146. The van der Waals surface area contributed by atoms with Gasteiger partial charge in [0.15, 0.2) is 0 Å². The van der Waals surface area contributed by atoms with Gasteiger partial charge >= 0.3 is 5.97 Å². The molecule has 0 saturated carbocycles. The zero-order valence-corrected chi connectivity index (χ0v) is 21.2. The SMILES string of the molecule is CCCCCCCCCCCCCCCCCC(=O)CC(=O)OCCCCCCCC. The van der Waals surface area contributed by atoms with E-state index >= 15 is 0 Å². The summed E-state index contributed by atoms with van der Waals surface area (Å²) in [7, 11) is 0. The number of ketones is 1. The number of hydrogen-bond acceptors (Lipinski definition) is 3.